The molecule has 0 fully saturated rings. The lowest BCUT2D eigenvalue weighted by Gasteiger charge is -2.32. The highest BCUT2D eigenvalue weighted by Crippen LogP contribution is 2.37. The zero-order valence-corrected chi connectivity index (χ0v) is 13.1. The molecule has 0 aromatic heterocycles. The lowest BCUT2D eigenvalue weighted by Crippen LogP contribution is -2.43. The van der Waals surface area contributed by atoms with Crippen molar-refractivity contribution in [2.75, 3.05) is 0 Å². The molecule has 2 aromatic rings. The number of nitrogens with one attached hydrogen (secondary N) is 2. The van der Waals surface area contributed by atoms with Crippen LogP contribution >= 0.6 is 12.2 Å². The summed E-state index contributed by atoms with van der Waals surface area (Å²) in [5.41, 5.74) is 6.63. The maximum atomic E-state index is 5.47. The van der Waals surface area contributed by atoms with E-state index in [0.717, 1.165) is 12.8 Å². The Morgan fingerprint density at radius 3 is 2.55 bits per heavy atom. The molecule has 22 heavy (non-hydrogen) atoms. The Bertz CT molecular complexity index is 749. The largest absolute Gasteiger partial charge is 0.352 e. The van der Waals surface area contributed by atoms with Gasteiger partial charge in [-0.15, -0.1) is 0 Å². The van der Waals surface area contributed by atoms with E-state index in [1.54, 1.807) is 0 Å². The Hall–Kier alpha value is -2.13. The van der Waals surface area contributed by atoms with Crippen LogP contribution in [-0.4, -0.2) is 5.11 Å². The van der Waals surface area contributed by atoms with Crippen LogP contribution in [0.15, 0.2) is 60.2 Å². The Kier molecular flexibility index (Phi) is 3.43. The summed E-state index contributed by atoms with van der Waals surface area (Å²) in [7, 11) is 0. The fraction of sp³-hybridized carbons (Fsp3) is 0.211. The average Bonchev–Trinajstić information content (AvgIpc) is 2.75. The van der Waals surface area contributed by atoms with Crippen LogP contribution in [-0.2, 0) is 6.42 Å². The van der Waals surface area contributed by atoms with Crippen LogP contribution in [0.25, 0.3) is 5.70 Å². The van der Waals surface area contributed by atoms with E-state index in [1.807, 2.05) is 0 Å². The van der Waals surface area contributed by atoms with Gasteiger partial charge < -0.3 is 10.6 Å². The molecular formula is C19H18N2S. The molecule has 0 bridgehead atoms. The van der Waals surface area contributed by atoms with Crippen LogP contribution in [0, 0.1) is 0 Å². The van der Waals surface area contributed by atoms with Crippen molar-refractivity contribution in [3.8, 4) is 0 Å². The summed E-state index contributed by atoms with van der Waals surface area (Å²) in [4.78, 5) is 0. The molecule has 4 rings (SSSR count). The first-order valence-electron chi connectivity index (χ1n) is 7.77. The van der Waals surface area contributed by atoms with Crippen molar-refractivity contribution < 1.29 is 0 Å². The van der Waals surface area contributed by atoms with Crippen LogP contribution in [0.4, 0.5) is 0 Å². The second-order valence-corrected chi connectivity index (χ2v) is 6.26. The molecule has 3 heteroatoms. The van der Waals surface area contributed by atoms with Gasteiger partial charge in [-0.3, -0.25) is 0 Å². The highest BCUT2D eigenvalue weighted by molar-refractivity contribution is 7.80. The van der Waals surface area contributed by atoms with Crippen molar-refractivity contribution in [3.05, 3.63) is 76.9 Å². The first-order valence-corrected chi connectivity index (χ1v) is 8.17. The van der Waals surface area contributed by atoms with Gasteiger partial charge in [0.2, 0.25) is 0 Å². The van der Waals surface area contributed by atoms with Crippen molar-refractivity contribution in [2.45, 2.75) is 25.3 Å². The summed E-state index contributed by atoms with van der Waals surface area (Å²) in [5, 5.41) is 7.58. The molecule has 2 aromatic carbocycles. The third-order valence-corrected chi connectivity index (χ3v) is 4.72. The van der Waals surface area contributed by atoms with Gasteiger partial charge in [0.25, 0.3) is 0 Å². The molecule has 0 saturated heterocycles. The van der Waals surface area contributed by atoms with E-state index in [1.165, 1.54) is 34.4 Å². The minimum Gasteiger partial charge on any atom is -0.352 e. The molecule has 0 saturated carbocycles. The molecule has 1 heterocycles. The lowest BCUT2D eigenvalue weighted by atomic mass is 9.91. The smallest absolute Gasteiger partial charge is 0.171 e. The van der Waals surface area contributed by atoms with Gasteiger partial charge >= 0.3 is 0 Å². The van der Waals surface area contributed by atoms with Gasteiger partial charge in [-0.05, 0) is 48.2 Å². The van der Waals surface area contributed by atoms with Crippen LogP contribution in [0.1, 0.15) is 35.6 Å². The third-order valence-electron chi connectivity index (χ3n) is 4.50. The monoisotopic (exact) mass is 306 g/mol. The van der Waals surface area contributed by atoms with E-state index >= 15 is 0 Å². The van der Waals surface area contributed by atoms with Gasteiger partial charge in [-0.25, -0.2) is 0 Å². The summed E-state index contributed by atoms with van der Waals surface area (Å²) in [6.45, 7) is 0. The third kappa shape index (κ3) is 2.32. The van der Waals surface area contributed by atoms with Gasteiger partial charge in [-0.1, -0.05) is 54.6 Å². The van der Waals surface area contributed by atoms with E-state index in [0.29, 0.717) is 5.11 Å². The van der Waals surface area contributed by atoms with Gasteiger partial charge in [0.15, 0.2) is 5.11 Å². The van der Waals surface area contributed by atoms with Crippen molar-refractivity contribution >= 4 is 23.0 Å². The summed E-state index contributed by atoms with van der Waals surface area (Å²) in [6.07, 6.45) is 3.39. The molecule has 1 atom stereocenters. The molecular weight excluding hydrogens is 288 g/mol. The number of rotatable bonds is 1. The first-order chi connectivity index (χ1) is 10.8. The minimum absolute atomic E-state index is 0.177. The number of hydrogen-bond acceptors (Lipinski definition) is 1. The van der Waals surface area contributed by atoms with Crippen LogP contribution < -0.4 is 10.6 Å². The second-order valence-electron chi connectivity index (χ2n) is 5.85. The standard InChI is InChI=1S/C19H18N2S/c22-19-20-17(14-8-2-1-3-9-14)16-12-6-10-13-7-4-5-11-15(13)18(16)21-19/h1-5,7-9,11,17H,6,10,12H2,(H2,20,21,22). The Labute approximate surface area is 136 Å². The first kappa shape index (κ1) is 13.5. The van der Waals surface area contributed by atoms with Gasteiger partial charge in [-0.2, -0.15) is 0 Å². The molecule has 110 valence electrons. The van der Waals surface area contributed by atoms with Crippen LogP contribution in [0.3, 0.4) is 0 Å². The normalized spacial score (nSPS) is 20.4. The zero-order valence-electron chi connectivity index (χ0n) is 12.3. The molecule has 1 aliphatic carbocycles. The summed E-state index contributed by atoms with van der Waals surface area (Å²) in [6, 6.07) is 19.4. The number of hydrogen-bond donors (Lipinski definition) is 2. The summed E-state index contributed by atoms with van der Waals surface area (Å²) >= 11 is 5.47. The van der Waals surface area contributed by atoms with Crippen molar-refractivity contribution in [3.63, 3.8) is 0 Å². The van der Waals surface area contributed by atoms with Crippen LogP contribution in [0.5, 0.6) is 0 Å². The highest BCUT2D eigenvalue weighted by atomic mass is 32.1. The topological polar surface area (TPSA) is 24.1 Å². The van der Waals surface area contributed by atoms with E-state index in [4.69, 9.17) is 12.2 Å². The predicted molar refractivity (Wildman–Crippen MR) is 94.4 cm³/mol. The molecule has 0 amide bonds. The number of thiocarbonyl (C=S) groups is 1. The molecule has 1 unspecified atom stereocenters. The average molecular weight is 306 g/mol. The fourth-order valence-corrected chi connectivity index (χ4v) is 3.70. The number of fused-ring (bicyclic) bond motifs is 2. The molecule has 2 aliphatic rings. The van der Waals surface area contributed by atoms with E-state index in [9.17, 15) is 0 Å². The number of benzene rings is 2. The zero-order chi connectivity index (χ0) is 14.9. The molecule has 0 radical (unpaired) electrons. The van der Waals surface area contributed by atoms with Crippen molar-refractivity contribution in [1.29, 1.82) is 0 Å². The molecule has 2 N–H and O–H groups in total. The Morgan fingerprint density at radius 2 is 1.68 bits per heavy atom. The summed E-state index contributed by atoms with van der Waals surface area (Å²) in [5.74, 6) is 0. The van der Waals surface area contributed by atoms with E-state index < -0.39 is 0 Å². The predicted octanol–water partition coefficient (Wildman–Crippen LogP) is 3.95. The van der Waals surface area contributed by atoms with Gasteiger partial charge in [0.1, 0.15) is 0 Å². The lowest BCUT2D eigenvalue weighted by molar-refractivity contribution is 0.665. The van der Waals surface area contributed by atoms with Crippen molar-refractivity contribution in [1.82, 2.24) is 10.6 Å². The summed E-state index contributed by atoms with van der Waals surface area (Å²) < 4.78 is 0. The maximum Gasteiger partial charge on any atom is 0.171 e. The van der Waals surface area contributed by atoms with Gasteiger partial charge in [0, 0.05) is 11.3 Å². The van der Waals surface area contributed by atoms with Crippen LogP contribution in [0.2, 0.25) is 0 Å². The minimum atomic E-state index is 0.177. The van der Waals surface area contributed by atoms with Gasteiger partial charge in [0.05, 0.1) is 6.04 Å². The second kappa shape index (κ2) is 5.58. The Morgan fingerprint density at radius 1 is 0.909 bits per heavy atom. The van der Waals surface area contributed by atoms with E-state index in [-0.39, 0.29) is 6.04 Å². The molecule has 0 spiro atoms. The Balaban J connectivity index is 1.88. The fourth-order valence-electron chi connectivity index (χ4n) is 3.48. The number of aryl methyl sites for hydroxylation is 1. The SMILES string of the molecule is S=C1NC2=C(CCCc3ccccc32)C(c2ccccc2)N1. The highest BCUT2D eigenvalue weighted by Gasteiger charge is 2.29. The molecule has 2 nitrogen and oxygen atoms in total. The quantitative estimate of drug-likeness (QED) is 0.780. The van der Waals surface area contributed by atoms with Crippen molar-refractivity contribution in [2.24, 2.45) is 0 Å². The maximum absolute atomic E-state index is 5.47. The van der Waals surface area contributed by atoms with E-state index in [2.05, 4.69) is 65.2 Å². The molecule has 1 aliphatic heterocycles.